The summed E-state index contributed by atoms with van der Waals surface area (Å²) in [5, 5.41) is 6.96. The molecule has 0 saturated carbocycles. The molecule has 0 unspecified atom stereocenters. The number of anilines is 1. The minimum absolute atomic E-state index is 0.131. The molecule has 4 aromatic rings. The molecule has 0 radical (unpaired) electrons. The van der Waals surface area contributed by atoms with Crippen molar-refractivity contribution in [2.75, 3.05) is 5.01 Å². The first-order valence-electron chi connectivity index (χ1n) is 8.80. The molecule has 1 aliphatic rings. The van der Waals surface area contributed by atoms with Gasteiger partial charge in [-0.05, 0) is 23.3 Å². The fourth-order valence-electron chi connectivity index (χ4n) is 3.49. The second kappa shape index (κ2) is 6.15. The first-order valence-corrected chi connectivity index (χ1v) is 8.80. The van der Waals surface area contributed by atoms with Gasteiger partial charge in [-0.3, -0.25) is 0 Å². The standard InChI is InChI=1S/C22H18N4/c1-3-9-16(10-4-1)20-15-21(17-11-5-2-6-12-17)26(25-20)22-23-18-13-7-8-14-19(18)24-22/h1-14,21H,15H2,(H,23,24)/t21-/m1/s1. The van der Waals surface area contributed by atoms with Crippen molar-refractivity contribution < 1.29 is 0 Å². The molecule has 0 bridgehead atoms. The van der Waals surface area contributed by atoms with Gasteiger partial charge in [-0.15, -0.1) is 0 Å². The largest absolute Gasteiger partial charge is 0.323 e. The van der Waals surface area contributed by atoms with Gasteiger partial charge < -0.3 is 4.98 Å². The summed E-state index contributed by atoms with van der Waals surface area (Å²) in [7, 11) is 0. The number of fused-ring (bicyclic) bond motifs is 1. The third kappa shape index (κ3) is 2.56. The van der Waals surface area contributed by atoms with Crippen LogP contribution in [0, 0.1) is 0 Å². The molecule has 1 aromatic heterocycles. The number of rotatable bonds is 3. The number of hydrogen-bond acceptors (Lipinski definition) is 3. The molecule has 2 heterocycles. The van der Waals surface area contributed by atoms with Crippen LogP contribution in [0.5, 0.6) is 0 Å². The fourth-order valence-corrected chi connectivity index (χ4v) is 3.49. The third-order valence-corrected chi connectivity index (χ3v) is 4.80. The second-order valence-electron chi connectivity index (χ2n) is 6.47. The summed E-state index contributed by atoms with van der Waals surface area (Å²) in [6.07, 6.45) is 0.852. The average Bonchev–Trinajstić information content (AvgIpc) is 3.33. The maximum atomic E-state index is 4.94. The van der Waals surface area contributed by atoms with Gasteiger partial charge >= 0.3 is 0 Å². The molecule has 4 nitrogen and oxygen atoms in total. The van der Waals surface area contributed by atoms with Crippen molar-refractivity contribution in [3.63, 3.8) is 0 Å². The van der Waals surface area contributed by atoms with Gasteiger partial charge in [0.25, 0.3) is 0 Å². The predicted octanol–water partition coefficient (Wildman–Crippen LogP) is 4.92. The SMILES string of the molecule is c1ccc(C2=NN(c3nc4ccccc4[nH]3)[C@@H](c3ccccc3)C2)cc1. The van der Waals surface area contributed by atoms with Crippen LogP contribution in [0.25, 0.3) is 11.0 Å². The van der Waals surface area contributed by atoms with Crippen LogP contribution in [0.3, 0.4) is 0 Å². The van der Waals surface area contributed by atoms with E-state index in [2.05, 4.69) is 53.5 Å². The summed E-state index contributed by atoms with van der Waals surface area (Å²) in [4.78, 5) is 8.18. The highest BCUT2D eigenvalue weighted by molar-refractivity contribution is 6.03. The van der Waals surface area contributed by atoms with Gasteiger partial charge in [-0.1, -0.05) is 72.8 Å². The number of nitrogens with one attached hydrogen (secondary N) is 1. The van der Waals surface area contributed by atoms with Crippen LogP contribution in [-0.2, 0) is 0 Å². The molecule has 0 fully saturated rings. The maximum absolute atomic E-state index is 4.94. The number of aromatic amines is 1. The Labute approximate surface area is 151 Å². The van der Waals surface area contributed by atoms with E-state index in [0.717, 1.165) is 34.7 Å². The number of aromatic nitrogens is 2. The Bertz CT molecular complexity index is 1030. The molecule has 0 aliphatic carbocycles. The van der Waals surface area contributed by atoms with Gasteiger partial charge in [-0.25, -0.2) is 9.99 Å². The number of imidazole rings is 1. The molecule has 0 spiro atoms. The van der Waals surface area contributed by atoms with E-state index in [0.29, 0.717) is 0 Å². The molecule has 4 heteroatoms. The van der Waals surface area contributed by atoms with Gasteiger partial charge in [-0.2, -0.15) is 5.10 Å². The van der Waals surface area contributed by atoms with E-state index in [4.69, 9.17) is 10.1 Å². The normalized spacial score (nSPS) is 16.8. The van der Waals surface area contributed by atoms with Crippen LogP contribution < -0.4 is 5.01 Å². The molecule has 1 atom stereocenters. The van der Waals surface area contributed by atoms with Gasteiger partial charge in [0.2, 0.25) is 5.95 Å². The third-order valence-electron chi connectivity index (χ3n) is 4.80. The van der Waals surface area contributed by atoms with E-state index in [-0.39, 0.29) is 6.04 Å². The molecule has 0 saturated heterocycles. The lowest BCUT2D eigenvalue weighted by atomic mass is 9.99. The fraction of sp³-hybridized carbons (Fsp3) is 0.0909. The highest BCUT2D eigenvalue weighted by Crippen LogP contribution is 2.35. The Morgan fingerprint density at radius 3 is 2.27 bits per heavy atom. The van der Waals surface area contributed by atoms with Crippen LogP contribution in [0.1, 0.15) is 23.6 Å². The molecular formula is C22H18N4. The number of hydrogen-bond donors (Lipinski definition) is 1. The molecule has 126 valence electrons. The van der Waals surface area contributed by atoms with E-state index < -0.39 is 0 Å². The smallest absolute Gasteiger partial charge is 0.225 e. The lowest BCUT2D eigenvalue weighted by Gasteiger charge is -2.21. The molecule has 3 aromatic carbocycles. The zero-order chi connectivity index (χ0) is 17.3. The number of H-pyrrole nitrogens is 1. The number of hydrazone groups is 1. The van der Waals surface area contributed by atoms with Gasteiger partial charge in [0.1, 0.15) is 0 Å². The minimum atomic E-state index is 0.131. The Kier molecular flexibility index (Phi) is 3.53. The molecule has 5 rings (SSSR count). The highest BCUT2D eigenvalue weighted by atomic mass is 15.5. The lowest BCUT2D eigenvalue weighted by Crippen LogP contribution is -2.19. The monoisotopic (exact) mass is 338 g/mol. The van der Waals surface area contributed by atoms with E-state index >= 15 is 0 Å². The van der Waals surface area contributed by atoms with Crippen molar-refractivity contribution in [1.82, 2.24) is 9.97 Å². The Hall–Kier alpha value is -3.40. The first kappa shape index (κ1) is 14.9. The summed E-state index contributed by atoms with van der Waals surface area (Å²) in [5.41, 5.74) is 5.46. The van der Waals surface area contributed by atoms with Crippen LogP contribution in [-0.4, -0.2) is 15.7 Å². The van der Waals surface area contributed by atoms with Crippen molar-refractivity contribution in [2.45, 2.75) is 12.5 Å². The van der Waals surface area contributed by atoms with Crippen molar-refractivity contribution in [3.8, 4) is 0 Å². The Morgan fingerprint density at radius 1 is 0.808 bits per heavy atom. The van der Waals surface area contributed by atoms with E-state index in [1.54, 1.807) is 0 Å². The molecule has 1 aliphatic heterocycles. The van der Waals surface area contributed by atoms with Crippen molar-refractivity contribution in [3.05, 3.63) is 96.1 Å². The quantitative estimate of drug-likeness (QED) is 0.576. The zero-order valence-corrected chi connectivity index (χ0v) is 14.2. The van der Waals surface area contributed by atoms with Gasteiger partial charge in [0, 0.05) is 6.42 Å². The molecule has 0 amide bonds. The van der Waals surface area contributed by atoms with Crippen LogP contribution in [0.2, 0.25) is 0 Å². The van der Waals surface area contributed by atoms with Gasteiger partial charge in [0.05, 0.1) is 22.8 Å². The van der Waals surface area contributed by atoms with E-state index in [1.165, 1.54) is 5.56 Å². The summed E-state index contributed by atoms with van der Waals surface area (Å²) < 4.78 is 0. The molecular weight excluding hydrogens is 320 g/mol. The maximum Gasteiger partial charge on any atom is 0.225 e. The van der Waals surface area contributed by atoms with Crippen LogP contribution >= 0.6 is 0 Å². The van der Waals surface area contributed by atoms with Crippen molar-refractivity contribution in [2.24, 2.45) is 5.10 Å². The van der Waals surface area contributed by atoms with Crippen molar-refractivity contribution in [1.29, 1.82) is 0 Å². The second-order valence-corrected chi connectivity index (χ2v) is 6.47. The summed E-state index contributed by atoms with van der Waals surface area (Å²) >= 11 is 0. The average molecular weight is 338 g/mol. The van der Waals surface area contributed by atoms with E-state index in [9.17, 15) is 0 Å². The predicted molar refractivity (Wildman–Crippen MR) is 105 cm³/mol. The minimum Gasteiger partial charge on any atom is -0.323 e. The Morgan fingerprint density at radius 2 is 1.50 bits per heavy atom. The lowest BCUT2D eigenvalue weighted by molar-refractivity contribution is 0.692. The molecule has 26 heavy (non-hydrogen) atoms. The highest BCUT2D eigenvalue weighted by Gasteiger charge is 2.31. The Balaban J connectivity index is 1.61. The van der Waals surface area contributed by atoms with Crippen molar-refractivity contribution >= 4 is 22.7 Å². The number of benzene rings is 3. The zero-order valence-electron chi connectivity index (χ0n) is 14.2. The van der Waals surface area contributed by atoms with E-state index in [1.807, 2.05) is 41.4 Å². The number of para-hydroxylation sites is 2. The van der Waals surface area contributed by atoms with Crippen LogP contribution in [0.4, 0.5) is 5.95 Å². The van der Waals surface area contributed by atoms with Crippen LogP contribution in [0.15, 0.2) is 90.0 Å². The topological polar surface area (TPSA) is 44.3 Å². The first-order chi connectivity index (χ1) is 12.9. The summed E-state index contributed by atoms with van der Waals surface area (Å²) in [5.74, 6) is 0.783. The van der Waals surface area contributed by atoms with Gasteiger partial charge in [0.15, 0.2) is 0 Å². The summed E-state index contributed by atoms with van der Waals surface area (Å²) in [6, 6.07) is 29.1. The summed E-state index contributed by atoms with van der Waals surface area (Å²) in [6.45, 7) is 0. The number of nitrogens with zero attached hydrogens (tertiary/aromatic N) is 3. The molecule has 1 N–H and O–H groups in total.